The maximum atomic E-state index is 13.4. The highest BCUT2D eigenvalue weighted by Gasteiger charge is 2.23. The Bertz CT molecular complexity index is 730. The van der Waals surface area contributed by atoms with E-state index in [4.69, 9.17) is 4.74 Å². The van der Waals surface area contributed by atoms with Crippen molar-refractivity contribution in [1.29, 1.82) is 0 Å². The summed E-state index contributed by atoms with van der Waals surface area (Å²) in [5.74, 6) is -0.0339. The van der Waals surface area contributed by atoms with E-state index in [0.717, 1.165) is 31.6 Å². The van der Waals surface area contributed by atoms with Gasteiger partial charge in [-0.2, -0.15) is 0 Å². The molecular formula is C19H22FN3O2. The van der Waals surface area contributed by atoms with Gasteiger partial charge in [-0.25, -0.2) is 9.37 Å². The van der Waals surface area contributed by atoms with Crippen molar-refractivity contribution in [3.8, 4) is 5.88 Å². The van der Waals surface area contributed by atoms with E-state index in [1.54, 1.807) is 30.5 Å². The molecule has 0 saturated carbocycles. The number of hydrogen-bond donors (Lipinski definition) is 1. The predicted octanol–water partition coefficient (Wildman–Crippen LogP) is 3.02. The number of amides is 1. The van der Waals surface area contributed by atoms with Gasteiger partial charge in [0, 0.05) is 31.0 Å². The van der Waals surface area contributed by atoms with E-state index in [9.17, 15) is 9.18 Å². The number of rotatable bonds is 5. The van der Waals surface area contributed by atoms with Gasteiger partial charge in [0.05, 0.1) is 6.61 Å². The van der Waals surface area contributed by atoms with Crippen LogP contribution in [0.15, 0.2) is 42.6 Å². The number of anilines is 1. The Morgan fingerprint density at radius 1 is 1.32 bits per heavy atom. The van der Waals surface area contributed by atoms with Crippen LogP contribution in [-0.4, -0.2) is 36.6 Å². The Kier molecular flexibility index (Phi) is 5.48. The summed E-state index contributed by atoms with van der Waals surface area (Å²) in [6.45, 7) is 3.88. The van der Waals surface area contributed by atoms with Gasteiger partial charge in [-0.05, 0) is 50.1 Å². The number of nitrogens with zero attached hydrogens (tertiary/aromatic N) is 2. The van der Waals surface area contributed by atoms with Gasteiger partial charge in [0.1, 0.15) is 11.4 Å². The molecule has 0 radical (unpaired) electrons. The minimum atomic E-state index is -0.229. The molecule has 1 aliphatic heterocycles. The molecule has 1 amide bonds. The van der Waals surface area contributed by atoms with Crippen molar-refractivity contribution in [3.63, 3.8) is 0 Å². The number of hydrogen-bond acceptors (Lipinski definition) is 4. The molecule has 1 N–H and O–H groups in total. The fourth-order valence-electron chi connectivity index (χ4n) is 3.03. The summed E-state index contributed by atoms with van der Waals surface area (Å²) in [5, 5.41) is 3.06. The first kappa shape index (κ1) is 17.2. The summed E-state index contributed by atoms with van der Waals surface area (Å²) >= 11 is 0. The summed E-state index contributed by atoms with van der Waals surface area (Å²) in [6, 6.07) is 10.1. The van der Waals surface area contributed by atoms with Gasteiger partial charge in [-0.1, -0.05) is 6.07 Å². The molecule has 0 unspecified atom stereocenters. The molecule has 0 bridgehead atoms. The maximum Gasteiger partial charge on any atom is 0.256 e. The normalized spacial score (nSPS) is 15.0. The van der Waals surface area contributed by atoms with Crippen molar-refractivity contribution < 1.29 is 13.9 Å². The maximum absolute atomic E-state index is 13.4. The molecule has 132 valence electrons. The second-order valence-corrected chi connectivity index (χ2v) is 6.00. The van der Waals surface area contributed by atoms with Crippen LogP contribution in [0.3, 0.4) is 0 Å². The van der Waals surface area contributed by atoms with Crippen molar-refractivity contribution in [1.82, 2.24) is 10.3 Å². The number of pyridine rings is 1. The molecule has 0 atom stereocenters. The van der Waals surface area contributed by atoms with Gasteiger partial charge < -0.3 is 15.0 Å². The summed E-state index contributed by atoms with van der Waals surface area (Å²) < 4.78 is 18.8. The molecule has 5 nitrogen and oxygen atoms in total. The fraction of sp³-hybridized carbons (Fsp3) is 0.368. The largest absolute Gasteiger partial charge is 0.477 e. The molecule has 1 aromatic carbocycles. The third kappa shape index (κ3) is 4.26. The first-order valence-electron chi connectivity index (χ1n) is 8.56. The van der Waals surface area contributed by atoms with Crippen LogP contribution in [0.5, 0.6) is 5.88 Å². The smallest absolute Gasteiger partial charge is 0.256 e. The highest BCUT2D eigenvalue weighted by Crippen LogP contribution is 2.21. The third-order valence-corrected chi connectivity index (χ3v) is 4.30. The Hall–Kier alpha value is -2.63. The van der Waals surface area contributed by atoms with E-state index in [-0.39, 0.29) is 17.8 Å². The number of halogens is 1. The Balaban J connectivity index is 1.58. The van der Waals surface area contributed by atoms with Crippen LogP contribution in [0.25, 0.3) is 0 Å². The number of benzene rings is 1. The average molecular weight is 343 g/mol. The zero-order valence-electron chi connectivity index (χ0n) is 14.2. The lowest BCUT2D eigenvalue weighted by atomic mass is 10.0. The zero-order valence-corrected chi connectivity index (χ0v) is 14.2. The number of carbonyl (C=O) groups excluding carboxylic acids is 1. The van der Waals surface area contributed by atoms with Crippen LogP contribution >= 0.6 is 0 Å². The quantitative estimate of drug-likeness (QED) is 0.907. The Labute approximate surface area is 146 Å². The van der Waals surface area contributed by atoms with Gasteiger partial charge in [-0.15, -0.1) is 0 Å². The van der Waals surface area contributed by atoms with E-state index >= 15 is 0 Å². The van der Waals surface area contributed by atoms with Crippen molar-refractivity contribution in [3.05, 3.63) is 54.0 Å². The Morgan fingerprint density at radius 3 is 2.84 bits per heavy atom. The molecule has 2 aromatic rings. The molecule has 3 rings (SSSR count). The van der Waals surface area contributed by atoms with E-state index in [1.807, 2.05) is 13.0 Å². The van der Waals surface area contributed by atoms with Crippen LogP contribution in [0, 0.1) is 5.82 Å². The molecule has 2 heterocycles. The predicted molar refractivity (Wildman–Crippen MR) is 94.5 cm³/mol. The summed E-state index contributed by atoms with van der Waals surface area (Å²) in [7, 11) is 0. The minimum Gasteiger partial charge on any atom is -0.477 e. The molecule has 1 aromatic heterocycles. The summed E-state index contributed by atoms with van der Waals surface area (Å²) in [5.41, 5.74) is 1.34. The van der Waals surface area contributed by atoms with Gasteiger partial charge in [-0.3, -0.25) is 4.79 Å². The fourth-order valence-corrected chi connectivity index (χ4v) is 3.03. The van der Waals surface area contributed by atoms with Crippen molar-refractivity contribution in [2.75, 3.05) is 24.6 Å². The minimum absolute atomic E-state index is 0.0898. The molecule has 1 aliphatic rings. The lowest BCUT2D eigenvalue weighted by molar-refractivity contribution is 0.0926. The number of ether oxygens (including phenoxy) is 1. The molecule has 6 heteroatoms. The number of aromatic nitrogens is 1. The highest BCUT2D eigenvalue weighted by molar-refractivity contribution is 5.96. The van der Waals surface area contributed by atoms with Crippen molar-refractivity contribution in [2.24, 2.45) is 0 Å². The Morgan fingerprint density at radius 2 is 2.12 bits per heavy atom. The second-order valence-electron chi connectivity index (χ2n) is 6.00. The van der Waals surface area contributed by atoms with Crippen LogP contribution in [0.2, 0.25) is 0 Å². The summed E-state index contributed by atoms with van der Waals surface area (Å²) in [6.07, 6.45) is 3.23. The van der Waals surface area contributed by atoms with Crippen LogP contribution < -0.4 is 15.0 Å². The van der Waals surface area contributed by atoms with Crippen LogP contribution in [0.4, 0.5) is 10.1 Å². The average Bonchev–Trinajstić information content (AvgIpc) is 2.63. The third-order valence-electron chi connectivity index (χ3n) is 4.30. The molecule has 0 spiro atoms. The van der Waals surface area contributed by atoms with E-state index < -0.39 is 0 Å². The SMILES string of the molecule is CCOc1ncccc1C(=O)NC1CCN(c2cccc(F)c2)CC1. The van der Waals surface area contributed by atoms with Crippen LogP contribution in [-0.2, 0) is 0 Å². The van der Waals surface area contributed by atoms with Gasteiger partial charge in [0.15, 0.2) is 0 Å². The van der Waals surface area contributed by atoms with Gasteiger partial charge >= 0.3 is 0 Å². The first-order chi connectivity index (χ1) is 12.2. The monoisotopic (exact) mass is 343 g/mol. The van der Waals surface area contributed by atoms with Crippen molar-refractivity contribution >= 4 is 11.6 Å². The van der Waals surface area contributed by atoms with Gasteiger partial charge in [0.2, 0.25) is 5.88 Å². The number of carbonyl (C=O) groups is 1. The van der Waals surface area contributed by atoms with Gasteiger partial charge in [0.25, 0.3) is 5.91 Å². The van der Waals surface area contributed by atoms with Crippen LogP contribution in [0.1, 0.15) is 30.1 Å². The number of nitrogens with one attached hydrogen (secondary N) is 1. The molecule has 1 fully saturated rings. The lowest BCUT2D eigenvalue weighted by Crippen LogP contribution is -2.44. The molecule has 25 heavy (non-hydrogen) atoms. The topological polar surface area (TPSA) is 54.5 Å². The van der Waals surface area contributed by atoms with E-state index in [2.05, 4.69) is 15.2 Å². The van der Waals surface area contributed by atoms with Crippen molar-refractivity contribution in [2.45, 2.75) is 25.8 Å². The lowest BCUT2D eigenvalue weighted by Gasteiger charge is -2.34. The molecule has 1 saturated heterocycles. The zero-order chi connectivity index (χ0) is 17.6. The first-order valence-corrected chi connectivity index (χ1v) is 8.56. The number of piperidine rings is 1. The summed E-state index contributed by atoms with van der Waals surface area (Å²) in [4.78, 5) is 18.8. The second kappa shape index (κ2) is 7.96. The standard InChI is InChI=1S/C19H22FN3O2/c1-2-25-19-17(7-4-10-21-19)18(24)22-15-8-11-23(12-9-15)16-6-3-5-14(20)13-16/h3-7,10,13,15H,2,8-9,11-12H2,1H3,(H,22,24). The van der Waals surface area contributed by atoms with E-state index in [0.29, 0.717) is 18.1 Å². The highest BCUT2D eigenvalue weighted by atomic mass is 19.1. The molecular weight excluding hydrogens is 321 g/mol. The molecule has 0 aliphatic carbocycles. The van der Waals surface area contributed by atoms with E-state index in [1.165, 1.54) is 6.07 Å².